The molecule has 2 aliphatic rings. The fourth-order valence-corrected chi connectivity index (χ4v) is 5.84. The van der Waals surface area contributed by atoms with Crippen molar-refractivity contribution in [2.45, 2.75) is 58.8 Å². The standard InChI is InChI=1S/C10H13N.C9H12N2.C9H8N2.C8H5BrN2/c1-8-4-2-5-9-6-3-7-11-10(8)9;2*1-7-4-6-10-8-3-2-5-11-9(7)8;9-6-3-5-10-7-2-1-4-11-8(6)7/h3,6-8H,2,4-5H2,1H3;4,6,11H,2-3,5H2,1H3;2-6H,1H3;1-5H. The first kappa shape index (κ1) is 31.1. The van der Waals surface area contributed by atoms with Crippen LogP contribution in [0.2, 0.25) is 0 Å². The Labute approximate surface area is 267 Å². The minimum Gasteiger partial charge on any atom is -0.383 e. The van der Waals surface area contributed by atoms with Crippen molar-refractivity contribution in [3.8, 4) is 0 Å². The predicted octanol–water partition coefficient (Wildman–Crippen LogP) is 8.60. The molecule has 8 heteroatoms. The van der Waals surface area contributed by atoms with Crippen molar-refractivity contribution in [3.63, 3.8) is 0 Å². The number of hydrogen-bond donors (Lipinski definition) is 1. The van der Waals surface area contributed by atoms with E-state index in [9.17, 15) is 0 Å². The average molecular weight is 649 g/mol. The number of pyridine rings is 6. The molecule has 7 heterocycles. The van der Waals surface area contributed by atoms with Gasteiger partial charge in [0, 0.05) is 53.9 Å². The SMILES string of the molecule is Brc1ccnc2cccnc12.CC1CCCc2cccnc21.Cc1ccnc2c1NCCC2.Cc1ccnc2cccnc12. The van der Waals surface area contributed by atoms with E-state index in [0.29, 0.717) is 5.92 Å². The number of nitrogens with one attached hydrogen (secondary N) is 1. The smallest absolute Gasteiger partial charge is 0.103 e. The van der Waals surface area contributed by atoms with Crippen LogP contribution in [0, 0.1) is 13.8 Å². The number of aromatic nitrogens is 6. The molecule has 0 radical (unpaired) electrons. The van der Waals surface area contributed by atoms with Crippen LogP contribution >= 0.6 is 15.9 Å². The van der Waals surface area contributed by atoms with Crippen LogP contribution < -0.4 is 5.32 Å². The highest BCUT2D eigenvalue weighted by Gasteiger charge is 2.16. The van der Waals surface area contributed by atoms with Gasteiger partial charge in [0.25, 0.3) is 0 Å². The number of rotatable bonds is 0. The van der Waals surface area contributed by atoms with Crippen molar-refractivity contribution < 1.29 is 0 Å². The number of nitrogens with zero attached hydrogens (tertiary/aromatic N) is 6. The molecule has 0 amide bonds. The lowest BCUT2D eigenvalue weighted by Gasteiger charge is -2.20. The van der Waals surface area contributed by atoms with Crippen molar-refractivity contribution in [1.82, 2.24) is 29.9 Å². The third-order valence-electron chi connectivity index (χ3n) is 7.75. The largest absolute Gasteiger partial charge is 0.383 e. The van der Waals surface area contributed by atoms with Crippen LogP contribution in [-0.4, -0.2) is 36.4 Å². The van der Waals surface area contributed by atoms with E-state index in [-0.39, 0.29) is 0 Å². The lowest BCUT2D eigenvalue weighted by molar-refractivity contribution is 0.573. The van der Waals surface area contributed by atoms with E-state index in [1.165, 1.54) is 59.4 Å². The molecule has 1 aliphatic heterocycles. The fourth-order valence-electron chi connectivity index (χ4n) is 5.42. The number of aryl methyl sites for hydroxylation is 4. The lowest BCUT2D eigenvalue weighted by atomic mass is 9.88. The molecule has 6 aromatic rings. The Bertz CT molecular complexity index is 1740. The zero-order valence-electron chi connectivity index (χ0n) is 25.5. The molecule has 1 atom stereocenters. The van der Waals surface area contributed by atoms with Crippen LogP contribution in [0.25, 0.3) is 22.1 Å². The Morgan fingerprint density at radius 3 is 2.05 bits per heavy atom. The fraction of sp³-hybridized carbons (Fsp3) is 0.278. The maximum atomic E-state index is 4.40. The van der Waals surface area contributed by atoms with Gasteiger partial charge in [-0.05, 0) is 133 Å². The minimum absolute atomic E-state index is 0.681. The molecule has 44 heavy (non-hydrogen) atoms. The van der Waals surface area contributed by atoms with Gasteiger partial charge in [-0.1, -0.05) is 13.0 Å². The van der Waals surface area contributed by atoms with E-state index in [1.54, 1.807) is 24.8 Å². The van der Waals surface area contributed by atoms with Crippen LogP contribution in [0.15, 0.2) is 96.3 Å². The van der Waals surface area contributed by atoms with Gasteiger partial charge in [0.2, 0.25) is 0 Å². The maximum absolute atomic E-state index is 4.40. The summed E-state index contributed by atoms with van der Waals surface area (Å²) in [5.74, 6) is 0.681. The average Bonchev–Trinajstić information content (AvgIpc) is 3.07. The predicted molar refractivity (Wildman–Crippen MR) is 183 cm³/mol. The Morgan fingerprint density at radius 1 is 0.659 bits per heavy atom. The second kappa shape index (κ2) is 15.4. The number of hydrogen-bond acceptors (Lipinski definition) is 7. The topological polar surface area (TPSA) is 89.4 Å². The van der Waals surface area contributed by atoms with Gasteiger partial charge < -0.3 is 5.32 Å². The monoisotopic (exact) mass is 647 g/mol. The van der Waals surface area contributed by atoms with E-state index in [0.717, 1.165) is 39.5 Å². The highest BCUT2D eigenvalue weighted by atomic mass is 79.9. The maximum Gasteiger partial charge on any atom is 0.103 e. The molecule has 0 fully saturated rings. The van der Waals surface area contributed by atoms with Gasteiger partial charge >= 0.3 is 0 Å². The molecule has 0 aromatic carbocycles. The van der Waals surface area contributed by atoms with Crippen LogP contribution in [-0.2, 0) is 12.8 Å². The molecule has 1 N–H and O–H groups in total. The summed E-state index contributed by atoms with van der Waals surface area (Å²) in [6, 6.07) is 17.8. The molecule has 0 bridgehead atoms. The van der Waals surface area contributed by atoms with Crippen molar-refractivity contribution >= 4 is 43.7 Å². The van der Waals surface area contributed by atoms with Gasteiger partial charge in [-0.25, -0.2) is 0 Å². The molecule has 0 saturated carbocycles. The van der Waals surface area contributed by atoms with Gasteiger partial charge in [-0.2, -0.15) is 0 Å². The van der Waals surface area contributed by atoms with E-state index in [4.69, 9.17) is 0 Å². The van der Waals surface area contributed by atoms with Gasteiger partial charge in [-0.3, -0.25) is 29.9 Å². The highest BCUT2D eigenvalue weighted by Crippen LogP contribution is 2.28. The van der Waals surface area contributed by atoms with Gasteiger partial charge in [-0.15, -0.1) is 0 Å². The molecule has 0 spiro atoms. The molecule has 1 unspecified atom stereocenters. The summed E-state index contributed by atoms with van der Waals surface area (Å²) < 4.78 is 0.989. The summed E-state index contributed by atoms with van der Waals surface area (Å²) in [5.41, 5.74) is 11.6. The van der Waals surface area contributed by atoms with Crippen LogP contribution in [0.3, 0.4) is 0 Å². The minimum atomic E-state index is 0.681. The zero-order chi connectivity index (χ0) is 30.7. The summed E-state index contributed by atoms with van der Waals surface area (Å²) in [6.07, 6.45) is 17.1. The van der Waals surface area contributed by atoms with Gasteiger partial charge in [0.05, 0.1) is 27.9 Å². The number of anilines is 1. The second-order valence-electron chi connectivity index (χ2n) is 11.0. The molecule has 7 nitrogen and oxygen atoms in total. The summed E-state index contributed by atoms with van der Waals surface area (Å²) in [7, 11) is 0. The number of fused-ring (bicyclic) bond motifs is 4. The van der Waals surface area contributed by atoms with Crippen molar-refractivity contribution in [2.24, 2.45) is 0 Å². The van der Waals surface area contributed by atoms with E-state index < -0.39 is 0 Å². The molecule has 1 aliphatic carbocycles. The van der Waals surface area contributed by atoms with Gasteiger partial charge in [0.1, 0.15) is 5.52 Å². The summed E-state index contributed by atoms with van der Waals surface area (Å²) in [4.78, 5) is 25.4. The first-order chi connectivity index (χ1) is 21.5. The zero-order valence-corrected chi connectivity index (χ0v) is 27.1. The van der Waals surface area contributed by atoms with E-state index in [1.807, 2.05) is 61.8 Å². The summed E-state index contributed by atoms with van der Waals surface area (Å²) in [6.45, 7) is 7.53. The van der Waals surface area contributed by atoms with E-state index >= 15 is 0 Å². The van der Waals surface area contributed by atoms with Crippen LogP contribution in [0.1, 0.15) is 60.2 Å². The first-order valence-electron chi connectivity index (χ1n) is 15.1. The number of halogens is 1. The second-order valence-corrected chi connectivity index (χ2v) is 11.8. The third kappa shape index (κ3) is 7.99. The van der Waals surface area contributed by atoms with Gasteiger partial charge in [0.15, 0.2) is 0 Å². The summed E-state index contributed by atoms with van der Waals surface area (Å²) in [5, 5.41) is 3.37. The van der Waals surface area contributed by atoms with E-state index in [2.05, 4.69) is 77.1 Å². The molecule has 224 valence electrons. The quantitative estimate of drug-likeness (QED) is 0.176. The summed E-state index contributed by atoms with van der Waals surface area (Å²) >= 11 is 3.39. The Hall–Kier alpha value is -4.30. The van der Waals surface area contributed by atoms with Crippen molar-refractivity contribution in [3.05, 3.63) is 124 Å². The van der Waals surface area contributed by atoms with Crippen molar-refractivity contribution in [2.75, 3.05) is 11.9 Å². The Balaban J connectivity index is 0.000000116. The van der Waals surface area contributed by atoms with Crippen LogP contribution in [0.4, 0.5) is 5.69 Å². The molecule has 6 aromatic heterocycles. The molecule has 0 saturated heterocycles. The van der Waals surface area contributed by atoms with Crippen molar-refractivity contribution in [1.29, 1.82) is 0 Å². The lowest BCUT2D eigenvalue weighted by Crippen LogP contribution is -2.13. The Kier molecular flexibility index (Phi) is 10.9. The third-order valence-corrected chi connectivity index (χ3v) is 8.39. The molecular formula is C36H38BrN7. The Morgan fingerprint density at radius 2 is 1.32 bits per heavy atom. The molecular weight excluding hydrogens is 610 g/mol. The highest BCUT2D eigenvalue weighted by molar-refractivity contribution is 9.10. The molecule has 8 rings (SSSR count). The first-order valence-corrected chi connectivity index (χ1v) is 15.9. The van der Waals surface area contributed by atoms with Crippen LogP contribution in [0.5, 0.6) is 0 Å². The normalized spacial score (nSPS) is 14.7.